The molecule has 1 rings (SSSR count). The molecule has 0 heterocycles. The second kappa shape index (κ2) is 5.43. The molecule has 0 aliphatic heterocycles. The van der Waals surface area contributed by atoms with Crippen molar-refractivity contribution in [2.24, 2.45) is 0 Å². The van der Waals surface area contributed by atoms with Gasteiger partial charge in [-0.3, -0.25) is 4.79 Å². The highest BCUT2D eigenvalue weighted by molar-refractivity contribution is 14.1. The minimum absolute atomic E-state index is 0.178. The molecule has 0 bridgehead atoms. The lowest BCUT2D eigenvalue weighted by molar-refractivity contribution is -0.167. The van der Waals surface area contributed by atoms with Crippen LogP contribution in [0.4, 0.5) is 18.9 Å². The van der Waals surface area contributed by atoms with Crippen molar-refractivity contribution in [3.8, 4) is 0 Å². The first-order valence-corrected chi connectivity index (χ1v) is 6.10. The van der Waals surface area contributed by atoms with Crippen molar-refractivity contribution in [1.82, 2.24) is 0 Å². The van der Waals surface area contributed by atoms with Gasteiger partial charge in [0.15, 0.2) is 0 Å². The van der Waals surface area contributed by atoms with Crippen molar-refractivity contribution in [3.05, 3.63) is 25.7 Å². The Hall–Kier alpha value is -0.840. The quantitative estimate of drug-likeness (QED) is 0.698. The van der Waals surface area contributed by atoms with Gasteiger partial charge in [0.2, 0.25) is 0 Å². The fraction of sp³-hybridized carbons (Fsp3) is 0.111. The Kier molecular flexibility index (Phi) is 4.59. The number of carbonyl (C=O) groups is 2. The van der Waals surface area contributed by atoms with Gasteiger partial charge in [0.05, 0.1) is 11.3 Å². The lowest BCUT2D eigenvalue weighted by Gasteiger charge is -2.12. The monoisotopic (exact) mass is 437 g/mol. The Morgan fingerprint density at radius 3 is 2.33 bits per heavy atom. The van der Waals surface area contributed by atoms with Crippen molar-refractivity contribution in [3.63, 3.8) is 0 Å². The third-order valence-electron chi connectivity index (χ3n) is 1.78. The third-order valence-corrected chi connectivity index (χ3v) is 3.09. The van der Waals surface area contributed by atoms with Crippen LogP contribution in [0.3, 0.4) is 0 Å². The molecule has 1 amide bonds. The van der Waals surface area contributed by atoms with Gasteiger partial charge in [-0.15, -0.1) is 0 Å². The summed E-state index contributed by atoms with van der Waals surface area (Å²) in [6.45, 7) is 0. The fourth-order valence-electron chi connectivity index (χ4n) is 1.05. The second-order valence-electron chi connectivity index (χ2n) is 3.07. The Bertz CT molecular complexity index is 519. The zero-order valence-corrected chi connectivity index (χ0v) is 12.1. The van der Waals surface area contributed by atoms with E-state index < -0.39 is 23.6 Å². The van der Waals surface area contributed by atoms with Crippen molar-refractivity contribution in [1.29, 1.82) is 0 Å². The minimum atomic E-state index is -5.08. The number of carbonyl (C=O) groups excluding carboxylic acids is 1. The molecule has 18 heavy (non-hydrogen) atoms. The summed E-state index contributed by atoms with van der Waals surface area (Å²) < 4.78 is 36.9. The van der Waals surface area contributed by atoms with Crippen LogP contribution in [0.1, 0.15) is 10.4 Å². The molecule has 0 saturated heterocycles. The van der Waals surface area contributed by atoms with Crippen molar-refractivity contribution in [2.75, 3.05) is 5.32 Å². The van der Waals surface area contributed by atoms with Gasteiger partial charge < -0.3 is 10.4 Å². The van der Waals surface area contributed by atoms with Gasteiger partial charge in [0.1, 0.15) is 0 Å². The molecule has 4 nitrogen and oxygen atoms in total. The fourth-order valence-corrected chi connectivity index (χ4v) is 2.70. The maximum absolute atomic E-state index is 12.1. The highest BCUT2D eigenvalue weighted by Gasteiger charge is 2.39. The van der Waals surface area contributed by atoms with Crippen LogP contribution >= 0.6 is 38.5 Å². The predicted octanol–water partition coefficient (Wildman–Crippen LogP) is 3.25. The highest BCUT2D eigenvalue weighted by Crippen LogP contribution is 2.29. The summed E-state index contributed by atoms with van der Waals surface area (Å²) >= 11 is 4.65. The van der Waals surface area contributed by atoms with E-state index in [0.29, 0.717) is 4.47 Å². The number of hydrogen-bond donors (Lipinski definition) is 2. The zero-order valence-electron chi connectivity index (χ0n) is 8.31. The van der Waals surface area contributed by atoms with Crippen molar-refractivity contribution >= 4 is 56.1 Å². The number of nitrogens with one attached hydrogen (secondary N) is 1. The molecule has 0 radical (unpaired) electrons. The SMILES string of the molecule is O=C(O)c1cc(Br)cc(I)c1NC(=O)C(F)(F)F. The Balaban J connectivity index is 3.24. The molecule has 0 aliphatic carbocycles. The number of hydrogen-bond acceptors (Lipinski definition) is 2. The van der Waals surface area contributed by atoms with E-state index in [4.69, 9.17) is 5.11 Å². The molecule has 0 unspecified atom stereocenters. The third kappa shape index (κ3) is 3.57. The van der Waals surface area contributed by atoms with Crippen LogP contribution in [0.2, 0.25) is 0 Å². The summed E-state index contributed by atoms with van der Waals surface area (Å²) in [5, 5.41) is 10.4. The number of alkyl halides is 3. The number of halogens is 5. The van der Waals surface area contributed by atoms with Crippen molar-refractivity contribution < 1.29 is 27.9 Å². The maximum Gasteiger partial charge on any atom is 0.471 e. The minimum Gasteiger partial charge on any atom is -0.478 e. The first-order valence-electron chi connectivity index (χ1n) is 4.23. The number of carboxylic acids is 1. The first-order chi connectivity index (χ1) is 8.12. The lowest BCUT2D eigenvalue weighted by Crippen LogP contribution is -2.31. The number of anilines is 1. The molecule has 2 N–H and O–H groups in total. The predicted molar refractivity (Wildman–Crippen MR) is 68.5 cm³/mol. The van der Waals surface area contributed by atoms with E-state index in [-0.39, 0.29) is 9.26 Å². The van der Waals surface area contributed by atoms with E-state index in [9.17, 15) is 22.8 Å². The summed E-state index contributed by atoms with van der Waals surface area (Å²) in [6.07, 6.45) is -5.08. The summed E-state index contributed by atoms with van der Waals surface area (Å²) in [5.41, 5.74) is -0.806. The van der Waals surface area contributed by atoms with Gasteiger partial charge in [-0.1, -0.05) is 15.9 Å². The Labute approximate surface area is 121 Å². The van der Waals surface area contributed by atoms with E-state index in [0.717, 1.165) is 6.07 Å². The van der Waals surface area contributed by atoms with Crippen LogP contribution in [0, 0.1) is 3.57 Å². The topological polar surface area (TPSA) is 66.4 Å². The highest BCUT2D eigenvalue weighted by atomic mass is 127. The molecule has 1 aromatic rings. The number of benzene rings is 1. The number of carboxylic acid groups (broad SMARTS) is 1. The molecule has 0 saturated carbocycles. The van der Waals surface area contributed by atoms with Gasteiger partial charge in [-0.05, 0) is 34.7 Å². The molecule has 0 atom stereocenters. The Morgan fingerprint density at radius 2 is 1.89 bits per heavy atom. The zero-order chi connectivity index (χ0) is 14.1. The van der Waals surface area contributed by atoms with Crippen LogP contribution in [0.5, 0.6) is 0 Å². The van der Waals surface area contributed by atoms with Crippen LogP contribution < -0.4 is 5.32 Å². The first kappa shape index (κ1) is 15.2. The molecule has 1 aromatic carbocycles. The second-order valence-corrected chi connectivity index (χ2v) is 5.15. The van der Waals surface area contributed by atoms with Crippen molar-refractivity contribution in [2.45, 2.75) is 6.18 Å². The number of aromatic carboxylic acids is 1. The molecule has 98 valence electrons. The Morgan fingerprint density at radius 1 is 1.33 bits per heavy atom. The van der Waals surface area contributed by atoms with Gasteiger partial charge in [-0.25, -0.2) is 4.79 Å². The van der Waals surface area contributed by atoms with Gasteiger partial charge >= 0.3 is 18.1 Å². The van der Waals surface area contributed by atoms with E-state index >= 15 is 0 Å². The normalized spacial score (nSPS) is 11.2. The van der Waals surface area contributed by atoms with Crippen LogP contribution in [0.25, 0.3) is 0 Å². The molecule has 9 heteroatoms. The van der Waals surface area contributed by atoms with E-state index in [1.165, 1.54) is 6.07 Å². The van der Waals surface area contributed by atoms with Gasteiger partial charge in [-0.2, -0.15) is 13.2 Å². The van der Waals surface area contributed by atoms with Crippen LogP contribution in [-0.4, -0.2) is 23.2 Å². The van der Waals surface area contributed by atoms with Gasteiger partial charge in [0.25, 0.3) is 0 Å². The van der Waals surface area contributed by atoms with E-state index in [2.05, 4.69) is 15.9 Å². The van der Waals surface area contributed by atoms with E-state index in [1.54, 1.807) is 27.9 Å². The molecule has 0 spiro atoms. The van der Waals surface area contributed by atoms with Gasteiger partial charge in [0, 0.05) is 8.04 Å². The molecule has 0 aromatic heterocycles. The molecule has 0 aliphatic rings. The average molecular weight is 438 g/mol. The largest absolute Gasteiger partial charge is 0.478 e. The lowest BCUT2D eigenvalue weighted by atomic mass is 10.2. The number of amides is 1. The maximum atomic E-state index is 12.1. The summed E-state index contributed by atoms with van der Waals surface area (Å²) in [5.74, 6) is -3.66. The summed E-state index contributed by atoms with van der Waals surface area (Å²) in [6, 6.07) is 2.50. The van der Waals surface area contributed by atoms with E-state index in [1.807, 2.05) is 0 Å². The summed E-state index contributed by atoms with van der Waals surface area (Å²) in [7, 11) is 0. The molecule has 0 fully saturated rings. The smallest absolute Gasteiger partial charge is 0.471 e. The number of rotatable bonds is 2. The van der Waals surface area contributed by atoms with Crippen LogP contribution in [-0.2, 0) is 4.79 Å². The standard InChI is InChI=1S/C9H4BrF3INO3/c10-3-1-4(7(16)17)6(5(14)2-3)15-8(18)9(11,12)13/h1-2H,(H,15,18)(H,16,17). The molecular formula is C9H4BrF3INO3. The average Bonchev–Trinajstić information content (AvgIpc) is 2.19. The van der Waals surface area contributed by atoms with Crippen LogP contribution in [0.15, 0.2) is 16.6 Å². The summed E-state index contributed by atoms with van der Waals surface area (Å²) in [4.78, 5) is 21.7. The molecular weight excluding hydrogens is 434 g/mol.